The molecule has 0 unspecified atom stereocenters. The number of halogens is 4. The minimum Gasteiger partial charge on any atom is -0.312 e. The van der Waals surface area contributed by atoms with Gasteiger partial charge in [0.15, 0.2) is 11.6 Å². The number of hydrogen-bond donors (Lipinski definition) is 0. The van der Waals surface area contributed by atoms with Gasteiger partial charge in [0.05, 0.1) is 31.5 Å². The third-order valence-electron chi connectivity index (χ3n) is 4.73. The maximum absolute atomic E-state index is 13.1. The zero-order chi connectivity index (χ0) is 22.1. The Morgan fingerprint density at radius 3 is 2.37 bits per heavy atom. The number of carbonyl (C=O) groups excluding carboxylic acids is 2. The average Bonchev–Trinajstić information content (AvgIpc) is 2.99. The summed E-state index contributed by atoms with van der Waals surface area (Å²) in [6.07, 6.45) is -1.81. The van der Waals surface area contributed by atoms with Crippen LogP contribution in [0.3, 0.4) is 0 Å². The molecule has 3 rings (SSSR count). The van der Waals surface area contributed by atoms with Gasteiger partial charge in [-0.05, 0) is 17.5 Å². The third kappa shape index (κ3) is 4.71. The smallest absolute Gasteiger partial charge is 0.312 e. The summed E-state index contributed by atoms with van der Waals surface area (Å²) < 4.78 is 50.9. The van der Waals surface area contributed by atoms with E-state index in [0.29, 0.717) is 5.56 Å². The fraction of sp³-hybridized carbons (Fsp3) is 0.421. The Morgan fingerprint density at radius 2 is 1.83 bits per heavy atom. The Morgan fingerprint density at radius 1 is 1.17 bits per heavy atom. The number of amides is 2. The highest BCUT2D eigenvalue weighted by Crippen LogP contribution is 2.28. The molecular weight excluding hydrogens is 406 g/mol. The molecule has 0 N–H and O–H groups in total. The molecule has 2 amide bonds. The molecule has 0 spiro atoms. The normalized spacial score (nSPS) is 17.2. The molecule has 30 heavy (non-hydrogen) atoms. The van der Waals surface area contributed by atoms with Gasteiger partial charge in [-0.1, -0.05) is 19.9 Å². The number of anilines is 1. The predicted molar refractivity (Wildman–Crippen MR) is 98.0 cm³/mol. The lowest BCUT2D eigenvalue weighted by Crippen LogP contribution is -2.41. The molecule has 1 aliphatic heterocycles. The van der Waals surface area contributed by atoms with E-state index in [1.165, 1.54) is 15.9 Å². The first-order chi connectivity index (χ1) is 14.1. The molecule has 160 valence electrons. The summed E-state index contributed by atoms with van der Waals surface area (Å²) in [5.74, 6) is -0.936. The molecule has 0 aromatic carbocycles. The van der Waals surface area contributed by atoms with E-state index in [1.54, 1.807) is 0 Å². The van der Waals surface area contributed by atoms with Crippen LogP contribution in [0.1, 0.15) is 25.1 Å². The van der Waals surface area contributed by atoms with Crippen LogP contribution in [-0.2, 0) is 17.4 Å². The number of nitrogens with zero attached hydrogens (tertiary/aromatic N) is 5. The van der Waals surface area contributed by atoms with Crippen LogP contribution in [0.2, 0.25) is 0 Å². The topological polar surface area (TPSA) is 79.3 Å². The van der Waals surface area contributed by atoms with Crippen LogP contribution in [0.15, 0.2) is 30.7 Å². The number of alkyl halides is 3. The van der Waals surface area contributed by atoms with Crippen molar-refractivity contribution in [1.29, 1.82) is 0 Å². The molecule has 11 heteroatoms. The second-order valence-electron chi connectivity index (χ2n) is 7.30. The second kappa shape index (κ2) is 8.33. The van der Waals surface area contributed by atoms with E-state index in [4.69, 9.17) is 0 Å². The van der Waals surface area contributed by atoms with Crippen molar-refractivity contribution in [2.45, 2.75) is 32.5 Å². The highest BCUT2D eigenvalue weighted by molar-refractivity contribution is 5.96. The van der Waals surface area contributed by atoms with Crippen molar-refractivity contribution in [3.05, 3.63) is 47.8 Å². The van der Waals surface area contributed by atoms with Crippen LogP contribution in [0.5, 0.6) is 0 Å². The highest BCUT2D eigenvalue weighted by Gasteiger charge is 2.41. The van der Waals surface area contributed by atoms with Crippen molar-refractivity contribution < 1.29 is 27.2 Å². The highest BCUT2D eigenvalue weighted by atomic mass is 19.4. The lowest BCUT2D eigenvalue weighted by Gasteiger charge is -2.25. The number of hydrogen-bond acceptors (Lipinski definition) is 5. The van der Waals surface area contributed by atoms with Crippen LogP contribution < -0.4 is 4.90 Å². The Labute approximate surface area is 169 Å². The zero-order valence-electron chi connectivity index (χ0n) is 16.2. The number of rotatable bonds is 6. The van der Waals surface area contributed by atoms with Crippen molar-refractivity contribution in [2.75, 3.05) is 18.0 Å². The van der Waals surface area contributed by atoms with Crippen LogP contribution in [0, 0.1) is 11.7 Å². The molecule has 1 aliphatic rings. The minimum absolute atomic E-state index is 0.0138. The maximum atomic E-state index is 13.1. The number of carbonyl (C=O) groups is 2. The van der Waals surface area contributed by atoms with E-state index in [9.17, 15) is 27.2 Å². The third-order valence-corrected chi connectivity index (χ3v) is 4.73. The zero-order valence-corrected chi connectivity index (χ0v) is 16.2. The molecule has 0 saturated carbocycles. The van der Waals surface area contributed by atoms with Crippen molar-refractivity contribution >= 4 is 17.8 Å². The van der Waals surface area contributed by atoms with Gasteiger partial charge in [0.25, 0.3) is 0 Å². The number of ketones is 1. The summed E-state index contributed by atoms with van der Waals surface area (Å²) in [4.78, 5) is 39.0. The van der Waals surface area contributed by atoms with Gasteiger partial charge in [0.2, 0.25) is 5.95 Å². The fourth-order valence-corrected chi connectivity index (χ4v) is 3.20. The van der Waals surface area contributed by atoms with Crippen LogP contribution in [0.4, 0.5) is 28.3 Å². The molecule has 7 nitrogen and oxygen atoms in total. The van der Waals surface area contributed by atoms with Crippen molar-refractivity contribution in [1.82, 2.24) is 19.9 Å². The Hall–Kier alpha value is -3.11. The van der Waals surface area contributed by atoms with Gasteiger partial charge in [0.1, 0.15) is 5.69 Å². The molecule has 2 aromatic heterocycles. The van der Waals surface area contributed by atoms with Crippen molar-refractivity contribution in [3.63, 3.8) is 0 Å². The Balaban J connectivity index is 1.71. The van der Waals surface area contributed by atoms with Gasteiger partial charge in [-0.15, -0.1) is 0 Å². The molecule has 0 aliphatic carbocycles. The monoisotopic (exact) mass is 425 g/mol. The van der Waals surface area contributed by atoms with Crippen LogP contribution in [0.25, 0.3) is 0 Å². The molecule has 1 fully saturated rings. The number of aromatic nitrogens is 3. The quantitative estimate of drug-likeness (QED) is 0.665. The largest absolute Gasteiger partial charge is 0.433 e. The van der Waals surface area contributed by atoms with Crippen LogP contribution in [-0.4, -0.2) is 50.8 Å². The first kappa shape index (κ1) is 21.6. The second-order valence-corrected chi connectivity index (χ2v) is 7.30. The standard InChI is InChI=1S/C19H19F4N5O2/c1-11(2)15-10-28(17-25-7-13(20)8-26-17)18(30)27(15)9-14(29)5-12-3-4-16(24-6-12)19(21,22)23/h3-4,6-8,11,15H,5,9-10H2,1-2H3/t15-/m1/s1. The van der Waals surface area contributed by atoms with E-state index >= 15 is 0 Å². The number of Topliss-reactive ketones (excluding diaryl/α,β-unsaturated/α-hetero) is 1. The molecule has 1 saturated heterocycles. The van der Waals surface area contributed by atoms with Crippen molar-refractivity contribution in [2.24, 2.45) is 5.92 Å². The fourth-order valence-electron chi connectivity index (χ4n) is 3.20. The number of urea groups is 1. The van der Waals surface area contributed by atoms with Crippen LogP contribution >= 0.6 is 0 Å². The average molecular weight is 425 g/mol. The first-order valence-corrected chi connectivity index (χ1v) is 9.15. The van der Waals surface area contributed by atoms with E-state index in [0.717, 1.165) is 24.7 Å². The van der Waals surface area contributed by atoms with Gasteiger partial charge in [-0.2, -0.15) is 13.2 Å². The predicted octanol–water partition coefficient (Wildman–Crippen LogP) is 3.11. The summed E-state index contributed by atoms with van der Waals surface area (Å²) in [6, 6.07) is 1.21. The summed E-state index contributed by atoms with van der Waals surface area (Å²) >= 11 is 0. The van der Waals surface area contributed by atoms with E-state index in [-0.39, 0.29) is 43.2 Å². The number of pyridine rings is 1. The maximum Gasteiger partial charge on any atom is 0.433 e. The first-order valence-electron chi connectivity index (χ1n) is 9.15. The Bertz CT molecular complexity index is 916. The van der Waals surface area contributed by atoms with Gasteiger partial charge in [-0.3, -0.25) is 14.7 Å². The van der Waals surface area contributed by atoms with Crippen molar-refractivity contribution in [3.8, 4) is 0 Å². The van der Waals surface area contributed by atoms with E-state index < -0.39 is 23.7 Å². The van der Waals surface area contributed by atoms with Gasteiger partial charge in [-0.25, -0.2) is 19.2 Å². The van der Waals surface area contributed by atoms with Gasteiger partial charge >= 0.3 is 12.2 Å². The molecule has 2 aromatic rings. The SMILES string of the molecule is CC(C)[C@H]1CN(c2ncc(F)cn2)C(=O)N1CC(=O)Cc1ccc(C(F)(F)F)nc1. The summed E-state index contributed by atoms with van der Waals surface area (Å²) in [5.41, 5.74) is -0.720. The Kier molecular flexibility index (Phi) is 5.99. The van der Waals surface area contributed by atoms with E-state index in [2.05, 4.69) is 15.0 Å². The molecule has 0 bridgehead atoms. The summed E-state index contributed by atoms with van der Waals surface area (Å²) in [6.45, 7) is 3.80. The molecule has 1 atom stereocenters. The summed E-state index contributed by atoms with van der Waals surface area (Å²) in [5, 5.41) is 0. The molecule has 3 heterocycles. The minimum atomic E-state index is -4.55. The van der Waals surface area contributed by atoms with E-state index in [1.807, 2.05) is 13.8 Å². The molecular formula is C19H19F4N5O2. The lowest BCUT2D eigenvalue weighted by atomic mass is 10.0. The lowest BCUT2D eigenvalue weighted by molar-refractivity contribution is -0.141. The molecule has 0 radical (unpaired) electrons. The summed E-state index contributed by atoms with van der Waals surface area (Å²) in [7, 11) is 0. The van der Waals surface area contributed by atoms with Gasteiger partial charge < -0.3 is 4.90 Å². The van der Waals surface area contributed by atoms with Gasteiger partial charge in [0, 0.05) is 12.6 Å².